The van der Waals surface area contributed by atoms with Gasteiger partial charge in [0.15, 0.2) is 6.29 Å². The summed E-state index contributed by atoms with van der Waals surface area (Å²) >= 11 is 0. The van der Waals surface area contributed by atoms with Crippen molar-refractivity contribution in [3.63, 3.8) is 0 Å². The lowest BCUT2D eigenvalue weighted by molar-refractivity contribution is -0.102. The summed E-state index contributed by atoms with van der Waals surface area (Å²) in [5, 5.41) is 4.75. The van der Waals surface area contributed by atoms with Crippen LogP contribution in [-0.2, 0) is 19.5 Å². The Morgan fingerprint density at radius 1 is 1.36 bits per heavy atom. The molecule has 0 aliphatic heterocycles. The summed E-state index contributed by atoms with van der Waals surface area (Å²) in [6.07, 6.45) is -0.237. The van der Waals surface area contributed by atoms with Crippen molar-refractivity contribution in [2.45, 2.75) is 12.7 Å². The number of methoxy groups -OCH3 is 2. The van der Waals surface area contributed by atoms with Gasteiger partial charge in [0.25, 0.3) is 0 Å². The highest BCUT2D eigenvalue weighted by Crippen LogP contribution is 1.98. The fourth-order valence-corrected chi connectivity index (χ4v) is 1.11. The van der Waals surface area contributed by atoms with Gasteiger partial charge in [-0.1, -0.05) is 0 Å². The van der Waals surface area contributed by atoms with E-state index in [0.717, 1.165) is 0 Å². The lowest BCUT2D eigenvalue weighted by atomic mass is 10.5. The first kappa shape index (κ1) is 10.8. The van der Waals surface area contributed by atoms with Gasteiger partial charge in [-0.2, -0.15) is 0 Å². The van der Waals surface area contributed by atoms with Crippen LogP contribution in [0.15, 0.2) is 0 Å². The molecule has 68 valence electrons. The zero-order valence-corrected chi connectivity index (χ0v) is 7.43. The van der Waals surface area contributed by atoms with Gasteiger partial charge in [-0.15, -0.1) is 0 Å². The first-order valence-electron chi connectivity index (χ1n) is 3.05. The van der Waals surface area contributed by atoms with Crippen molar-refractivity contribution in [2.24, 2.45) is 5.14 Å². The lowest BCUT2D eigenvalue weighted by Crippen LogP contribution is -2.23. The standard InChI is InChI=1S/C5H13NO4S/c1-9-5(10-2)3-4-11(6,7)8/h5H,3-4H2,1-2H3,(H2,6,7,8). The van der Waals surface area contributed by atoms with Crippen LogP contribution in [0.5, 0.6) is 0 Å². The van der Waals surface area contributed by atoms with Gasteiger partial charge in [0.05, 0.1) is 5.75 Å². The van der Waals surface area contributed by atoms with E-state index in [2.05, 4.69) is 0 Å². The molecule has 0 amide bonds. The summed E-state index contributed by atoms with van der Waals surface area (Å²) in [5.74, 6) is -0.126. The summed E-state index contributed by atoms with van der Waals surface area (Å²) in [6.45, 7) is 0. The molecule has 0 fully saturated rings. The molecule has 0 aromatic rings. The fraction of sp³-hybridized carbons (Fsp3) is 1.00. The first-order valence-corrected chi connectivity index (χ1v) is 4.77. The van der Waals surface area contributed by atoms with E-state index in [9.17, 15) is 8.42 Å². The molecule has 0 heterocycles. The molecule has 2 N–H and O–H groups in total. The number of primary sulfonamides is 1. The second-order valence-electron chi connectivity index (χ2n) is 2.06. The third-order valence-corrected chi connectivity index (χ3v) is 1.97. The normalized spacial score (nSPS) is 12.4. The average Bonchev–Trinajstić information content (AvgIpc) is 1.88. The van der Waals surface area contributed by atoms with E-state index in [0.29, 0.717) is 0 Å². The average molecular weight is 183 g/mol. The van der Waals surface area contributed by atoms with Crippen LogP contribution in [-0.4, -0.2) is 34.7 Å². The highest BCUT2D eigenvalue weighted by Gasteiger charge is 2.09. The summed E-state index contributed by atoms with van der Waals surface area (Å²) < 4.78 is 30.4. The molecule has 0 spiro atoms. The van der Waals surface area contributed by atoms with Crippen molar-refractivity contribution in [1.82, 2.24) is 0 Å². The SMILES string of the molecule is COC(CCS(N)(=O)=O)OC. The fourth-order valence-electron chi connectivity index (χ4n) is 0.592. The number of hydrogen-bond acceptors (Lipinski definition) is 4. The van der Waals surface area contributed by atoms with Crippen molar-refractivity contribution in [2.75, 3.05) is 20.0 Å². The Bertz CT molecular complexity index is 185. The second-order valence-corrected chi connectivity index (χ2v) is 3.79. The Hall–Kier alpha value is -0.170. The van der Waals surface area contributed by atoms with Gasteiger partial charge >= 0.3 is 0 Å². The Morgan fingerprint density at radius 2 is 1.82 bits per heavy atom. The number of sulfonamides is 1. The summed E-state index contributed by atoms with van der Waals surface area (Å²) in [5.41, 5.74) is 0. The van der Waals surface area contributed by atoms with Crippen LogP contribution in [0.3, 0.4) is 0 Å². The Balaban J connectivity index is 3.69. The Morgan fingerprint density at radius 3 is 2.09 bits per heavy atom. The highest BCUT2D eigenvalue weighted by atomic mass is 32.2. The molecule has 0 aliphatic rings. The van der Waals surface area contributed by atoms with Gasteiger partial charge in [-0.25, -0.2) is 13.6 Å². The predicted molar refractivity (Wildman–Crippen MR) is 40.4 cm³/mol. The smallest absolute Gasteiger partial charge is 0.209 e. The molecule has 0 rings (SSSR count). The number of ether oxygens (including phenoxy) is 2. The van der Waals surface area contributed by atoms with Crippen molar-refractivity contribution in [1.29, 1.82) is 0 Å². The minimum absolute atomic E-state index is 0.126. The molecular formula is C5H13NO4S. The van der Waals surface area contributed by atoms with Gasteiger partial charge < -0.3 is 9.47 Å². The number of nitrogens with two attached hydrogens (primary N) is 1. The van der Waals surface area contributed by atoms with E-state index in [4.69, 9.17) is 14.6 Å². The van der Waals surface area contributed by atoms with Crippen molar-refractivity contribution in [3.8, 4) is 0 Å². The van der Waals surface area contributed by atoms with Crippen LogP contribution in [0, 0.1) is 0 Å². The largest absolute Gasteiger partial charge is 0.356 e. The maximum atomic E-state index is 10.4. The topological polar surface area (TPSA) is 78.6 Å². The van der Waals surface area contributed by atoms with Gasteiger partial charge in [0, 0.05) is 20.6 Å². The monoisotopic (exact) mass is 183 g/mol. The van der Waals surface area contributed by atoms with Crippen molar-refractivity contribution >= 4 is 10.0 Å². The first-order chi connectivity index (χ1) is 4.99. The molecule has 0 aliphatic carbocycles. The second kappa shape index (κ2) is 4.66. The van der Waals surface area contributed by atoms with Crippen LogP contribution in [0.4, 0.5) is 0 Å². The summed E-state index contributed by atoms with van der Waals surface area (Å²) in [6, 6.07) is 0. The molecule has 0 unspecified atom stereocenters. The summed E-state index contributed by atoms with van der Waals surface area (Å²) in [4.78, 5) is 0. The molecule has 6 heteroatoms. The van der Waals surface area contributed by atoms with Crippen LogP contribution in [0.2, 0.25) is 0 Å². The zero-order chi connectivity index (χ0) is 8.91. The molecule has 0 aromatic carbocycles. The van der Waals surface area contributed by atoms with Crippen LogP contribution in [0.1, 0.15) is 6.42 Å². The third kappa shape index (κ3) is 6.24. The molecule has 0 saturated carbocycles. The quantitative estimate of drug-likeness (QED) is 0.571. The van der Waals surface area contributed by atoms with Crippen molar-refractivity contribution < 1.29 is 17.9 Å². The number of hydrogen-bond donors (Lipinski definition) is 1. The third-order valence-electron chi connectivity index (χ3n) is 1.16. The molecular weight excluding hydrogens is 170 g/mol. The maximum Gasteiger partial charge on any atom is 0.209 e. The Kier molecular flexibility index (Phi) is 4.58. The molecule has 0 atom stereocenters. The van der Waals surface area contributed by atoms with E-state index in [-0.39, 0.29) is 12.2 Å². The van der Waals surface area contributed by atoms with Gasteiger partial charge in [-0.05, 0) is 0 Å². The molecule has 0 radical (unpaired) electrons. The van der Waals surface area contributed by atoms with E-state index in [1.54, 1.807) is 0 Å². The lowest BCUT2D eigenvalue weighted by Gasteiger charge is -2.11. The minimum Gasteiger partial charge on any atom is -0.356 e. The highest BCUT2D eigenvalue weighted by molar-refractivity contribution is 7.89. The van der Waals surface area contributed by atoms with Gasteiger partial charge in [-0.3, -0.25) is 0 Å². The minimum atomic E-state index is -3.40. The zero-order valence-electron chi connectivity index (χ0n) is 6.61. The predicted octanol–water partition coefficient (Wildman–Crippen LogP) is -0.716. The molecule has 0 saturated heterocycles. The molecule has 0 aromatic heterocycles. The van der Waals surface area contributed by atoms with Crippen molar-refractivity contribution in [3.05, 3.63) is 0 Å². The Labute approximate surface area is 66.5 Å². The molecule has 11 heavy (non-hydrogen) atoms. The van der Waals surface area contributed by atoms with Gasteiger partial charge in [0.1, 0.15) is 0 Å². The summed E-state index contributed by atoms with van der Waals surface area (Å²) in [7, 11) is -0.516. The molecule has 5 nitrogen and oxygen atoms in total. The van der Waals surface area contributed by atoms with Crippen LogP contribution in [0.25, 0.3) is 0 Å². The molecule has 0 bridgehead atoms. The van der Waals surface area contributed by atoms with E-state index in [1.807, 2.05) is 0 Å². The van der Waals surface area contributed by atoms with E-state index in [1.165, 1.54) is 14.2 Å². The van der Waals surface area contributed by atoms with E-state index >= 15 is 0 Å². The van der Waals surface area contributed by atoms with E-state index < -0.39 is 16.3 Å². The maximum absolute atomic E-state index is 10.4. The van der Waals surface area contributed by atoms with Gasteiger partial charge in [0.2, 0.25) is 10.0 Å². The van der Waals surface area contributed by atoms with Crippen LogP contribution >= 0.6 is 0 Å². The number of rotatable bonds is 5. The van der Waals surface area contributed by atoms with Crippen LogP contribution < -0.4 is 5.14 Å².